The van der Waals surface area contributed by atoms with Crippen molar-refractivity contribution in [2.24, 2.45) is 0 Å². The lowest BCUT2D eigenvalue weighted by Gasteiger charge is -2.13. The first-order chi connectivity index (χ1) is 6.03. The second-order valence-electron chi connectivity index (χ2n) is 3.13. The van der Waals surface area contributed by atoms with Gasteiger partial charge in [0.05, 0.1) is 5.56 Å². The average Bonchev–Trinajstić information content (AvgIpc) is 2.49. The summed E-state index contributed by atoms with van der Waals surface area (Å²) in [6.45, 7) is 1.64. The van der Waals surface area contributed by atoms with Gasteiger partial charge in [-0.3, -0.25) is 4.79 Å². The molecule has 0 bridgehead atoms. The first-order valence-corrected chi connectivity index (χ1v) is 6.35. The molecule has 0 fully saturated rings. The summed E-state index contributed by atoms with van der Waals surface area (Å²) in [7, 11) is -2.96. The molecule has 70 valence electrons. The van der Waals surface area contributed by atoms with Gasteiger partial charge in [0.2, 0.25) is 0 Å². The molecule has 0 amide bonds. The van der Waals surface area contributed by atoms with Gasteiger partial charge in [-0.2, -0.15) is 4.21 Å². The number of fused-ring (bicyclic) bond motifs is 1. The van der Waals surface area contributed by atoms with E-state index in [0.29, 0.717) is 9.77 Å². The number of rotatable bonds is 0. The summed E-state index contributed by atoms with van der Waals surface area (Å²) in [6.07, 6.45) is 0.180. The Morgan fingerprint density at radius 2 is 2.38 bits per heavy atom. The van der Waals surface area contributed by atoms with E-state index in [-0.39, 0.29) is 12.2 Å². The molecule has 0 aromatic carbocycles. The standard InChI is InChI=1S/C8H8O3S2/c1-5-4-7(9)6-2-3-12-8(6)13(5,10)11/h2-3,5H,4H2,1H3/p+1. The summed E-state index contributed by atoms with van der Waals surface area (Å²) in [4.78, 5) is 11.4. The Hall–Kier alpha value is -0.680. The van der Waals surface area contributed by atoms with Gasteiger partial charge < -0.3 is 0 Å². The highest BCUT2D eigenvalue weighted by Gasteiger charge is 2.40. The lowest BCUT2D eigenvalue weighted by atomic mass is 10.1. The maximum absolute atomic E-state index is 11.8. The van der Waals surface area contributed by atoms with Crippen LogP contribution in [0.25, 0.3) is 0 Å². The van der Waals surface area contributed by atoms with Gasteiger partial charge in [-0.05, 0) is 18.4 Å². The van der Waals surface area contributed by atoms with E-state index >= 15 is 0 Å². The minimum Gasteiger partial charge on any atom is -0.294 e. The molecule has 2 heterocycles. The lowest BCUT2D eigenvalue weighted by Crippen LogP contribution is -2.27. The number of thiophene rings is 1. The van der Waals surface area contributed by atoms with Crippen LogP contribution in [0.3, 0.4) is 0 Å². The summed E-state index contributed by atoms with van der Waals surface area (Å²) in [5.74, 6) is -0.0169. The van der Waals surface area contributed by atoms with Gasteiger partial charge in [0.15, 0.2) is 9.99 Å². The van der Waals surface area contributed by atoms with E-state index in [2.05, 4.69) is 0 Å². The van der Waals surface area contributed by atoms with Gasteiger partial charge in [-0.15, -0.1) is 11.3 Å². The Labute approximate surface area is 80.3 Å². The fourth-order valence-corrected chi connectivity index (χ4v) is 4.48. The van der Waals surface area contributed by atoms with E-state index in [1.165, 1.54) is 11.3 Å². The minimum absolute atomic E-state index is 0.0169. The van der Waals surface area contributed by atoms with Gasteiger partial charge in [-0.25, -0.2) is 4.21 Å². The zero-order valence-electron chi connectivity index (χ0n) is 7.02. The molecule has 0 saturated heterocycles. The fourth-order valence-electron chi connectivity index (χ4n) is 1.40. The van der Waals surface area contributed by atoms with Crippen LogP contribution in [0.5, 0.6) is 0 Å². The molecule has 3 nitrogen and oxygen atoms in total. The van der Waals surface area contributed by atoms with Crippen LogP contribution in [0.2, 0.25) is 0 Å². The number of carbonyl (C=O) groups excluding carboxylic acids is 1. The van der Waals surface area contributed by atoms with Crippen LogP contribution < -0.4 is 0 Å². The molecule has 0 spiro atoms. The normalized spacial score (nSPS) is 33.0. The molecule has 2 rings (SSSR count). The molecule has 2 unspecified atom stereocenters. The first-order valence-electron chi connectivity index (χ1n) is 3.89. The lowest BCUT2D eigenvalue weighted by molar-refractivity contribution is 0.0977. The molecule has 2 atom stereocenters. The van der Waals surface area contributed by atoms with Crippen molar-refractivity contribution in [3.05, 3.63) is 17.0 Å². The van der Waals surface area contributed by atoms with Crippen LogP contribution in [0, 0.1) is 0 Å². The molecule has 1 aromatic rings. The van der Waals surface area contributed by atoms with Crippen LogP contribution in [0.15, 0.2) is 15.7 Å². The van der Waals surface area contributed by atoms with Gasteiger partial charge in [0, 0.05) is 6.42 Å². The van der Waals surface area contributed by atoms with Crippen LogP contribution >= 0.6 is 11.3 Å². The number of Topliss-reactive ketones (excluding diaryl/α,β-unsaturated/α-hetero) is 1. The summed E-state index contributed by atoms with van der Waals surface area (Å²) < 4.78 is 21.8. The quantitative estimate of drug-likeness (QED) is 0.620. The SMILES string of the molecule is CC1CC(=O)c2ccsc2S1(=O)=[OH+]. The maximum Gasteiger partial charge on any atom is 0.315 e. The van der Waals surface area contributed by atoms with E-state index in [4.69, 9.17) is 0 Å². The predicted octanol–water partition coefficient (Wildman–Crippen LogP) is 1.65. The van der Waals surface area contributed by atoms with E-state index in [0.717, 1.165) is 0 Å². The molecule has 1 aromatic heterocycles. The largest absolute Gasteiger partial charge is 0.315 e. The molecule has 0 saturated carbocycles. The molecular formula is C8H9O3S2+. The number of hydrogen-bond acceptors (Lipinski definition) is 3. The molecular weight excluding hydrogens is 208 g/mol. The van der Waals surface area contributed by atoms with Crippen LogP contribution in [-0.4, -0.2) is 19.5 Å². The summed E-state index contributed by atoms with van der Waals surface area (Å²) in [5.41, 5.74) is 0.440. The highest BCUT2D eigenvalue weighted by Crippen LogP contribution is 2.33. The highest BCUT2D eigenvalue weighted by atomic mass is 32.2. The minimum atomic E-state index is -2.96. The maximum atomic E-state index is 11.8. The highest BCUT2D eigenvalue weighted by molar-refractivity contribution is 7.94. The Morgan fingerprint density at radius 1 is 1.69 bits per heavy atom. The second-order valence-corrected chi connectivity index (χ2v) is 6.65. The third-order valence-electron chi connectivity index (χ3n) is 2.21. The molecule has 0 radical (unpaired) electrons. The summed E-state index contributed by atoms with van der Waals surface area (Å²) in [5, 5.41) is 1.24. The molecule has 13 heavy (non-hydrogen) atoms. The zero-order valence-corrected chi connectivity index (χ0v) is 8.65. The molecule has 5 heteroatoms. The first kappa shape index (κ1) is 8.90. The van der Waals surface area contributed by atoms with Crippen molar-refractivity contribution in [2.45, 2.75) is 22.8 Å². The van der Waals surface area contributed by atoms with E-state index in [1.54, 1.807) is 18.4 Å². The summed E-state index contributed by atoms with van der Waals surface area (Å²) >= 11 is 1.19. The third-order valence-corrected chi connectivity index (χ3v) is 5.93. The Bertz CT molecular complexity index is 455. The number of carbonyl (C=O) groups is 1. The molecule has 1 aliphatic rings. The van der Waals surface area contributed by atoms with Gasteiger partial charge in [0.1, 0.15) is 5.25 Å². The van der Waals surface area contributed by atoms with Crippen molar-refractivity contribution in [1.82, 2.24) is 0 Å². The zero-order chi connectivity index (χ0) is 9.64. The van der Waals surface area contributed by atoms with Crippen molar-refractivity contribution in [1.29, 1.82) is 0 Å². The van der Waals surface area contributed by atoms with Crippen molar-refractivity contribution < 1.29 is 13.2 Å². The Morgan fingerprint density at radius 3 is 3.08 bits per heavy atom. The average molecular weight is 217 g/mol. The van der Waals surface area contributed by atoms with E-state index in [1.807, 2.05) is 0 Å². The van der Waals surface area contributed by atoms with Crippen LogP contribution in [0.4, 0.5) is 0 Å². The van der Waals surface area contributed by atoms with Crippen molar-refractivity contribution in [3.8, 4) is 0 Å². The van der Waals surface area contributed by atoms with Crippen molar-refractivity contribution in [2.75, 3.05) is 0 Å². The molecule has 0 aliphatic carbocycles. The van der Waals surface area contributed by atoms with Crippen molar-refractivity contribution in [3.63, 3.8) is 0 Å². The smallest absolute Gasteiger partial charge is 0.294 e. The van der Waals surface area contributed by atoms with E-state index in [9.17, 15) is 13.2 Å². The van der Waals surface area contributed by atoms with E-state index < -0.39 is 15.1 Å². The molecule has 1 aliphatic heterocycles. The van der Waals surface area contributed by atoms with Crippen molar-refractivity contribution >= 4 is 27.0 Å². The predicted molar refractivity (Wildman–Crippen MR) is 51.1 cm³/mol. The fraction of sp³-hybridized carbons (Fsp3) is 0.375. The number of ketones is 1. The topological polar surface area (TPSA) is 55.5 Å². The van der Waals surface area contributed by atoms with Crippen LogP contribution in [-0.2, 0) is 9.84 Å². The second kappa shape index (κ2) is 2.65. The summed E-state index contributed by atoms with van der Waals surface area (Å²) in [6, 6.07) is 1.63. The monoisotopic (exact) mass is 217 g/mol. The van der Waals surface area contributed by atoms with Crippen LogP contribution in [0.1, 0.15) is 23.7 Å². The molecule has 1 N–H and O–H groups in total. The third kappa shape index (κ3) is 1.14. The Kier molecular flexibility index (Phi) is 1.82. The Balaban J connectivity index is 2.73. The van der Waals surface area contributed by atoms with Gasteiger partial charge in [0.25, 0.3) is 0 Å². The van der Waals surface area contributed by atoms with Gasteiger partial charge in [-0.1, -0.05) is 0 Å². The van der Waals surface area contributed by atoms with Gasteiger partial charge >= 0.3 is 9.84 Å². The number of hydrogen-bond donors (Lipinski definition) is 0.